The van der Waals surface area contributed by atoms with Gasteiger partial charge < -0.3 is 19.3 Å². The molecule has 8 nitrogen and oxygen atoms in total. The van der Waals surface area contributed by atoms with Crippen LogP contribution in [0.5, 0.6) is 0 Å². The van der Waals surface area contributed by atoms with Crippen LogP contribution in [-0.4, -0.2) is 58.6 Å². The second-order valence-electron chi connectivity index (χ2n) is 10.8. The Kier molecular flexibility index (Phi) is 9.20. The highest BCUT2D eigenvalue weighted by atomic mass is 32.2. The summed E-state index contributed by atoms with van der Waals surface area (Å²) < 4.78 is 10.8. The highest BCUT2D eigenvalue weighted by molar-refractivity contribution is 8.16. The average Bonchev–Trinajstić information content (AvgIpc) is 3.29. The molecule has 1 unspecified atom stereocenters. The summed E-state index contributed by atoms with van der Waals surface area (Å²) in [6.07, 6.45) is 1.12. The minimum Gasteiger partial charge on any atom is -0.466 e. The van der Waals surface area contributed by atoms with Gasteiger partial charge in [0.15, 0.2) is 5.17 Å². The summed E-state index contributed by atoms with van der Waals surface area (Å²) in [5, 5.41) is 2.71. The van der Waals surface area contributed by atoms with E-state index < -0.39 is 12.0 Å². The van der Waals surface area contributed by atoms with Crippen molar-refractivity contribution >= 4 is 34.8 Å². The molecule has 39 heavy (non-hydrogen) atoms. The van der Waals surface area contributed by atoms with Crippen LogP contribution < -0.4 is 0 Å². The molecule has 4 rings (SSSR count). The fourth-order valence-electron chi connectivity index (χ4n) is 5.18. The molecule has 1 fully saturated rings. The lowest BCUT2D eigenvalue weighted by molar-refractivity contribution is -0.151. The molecule has 1 aromatic carbocycles. The van der Waals surface area contributed by atoms with Crippen LogP contribution in [-0.2, 0) is 23.9 Å². The molecule has 1 amide bonds. The van der Waals surface area contributed by atoms with Gasteiger partial charge in [0, 0.05) is 18.8 Å². The summed E-state index contributed by atoms with van der Waals surface area (Å²) >= 11 is 1.47. The summed E-state index contributed by atoms with van der Waals surface area (Å²) in [4.78, 5) is 47.5. The fourth-order valence-corrected chi connectivity index (χ4v) is 6.14. The van der Waals surface area contributed by atoms with Crippen LogP contribution in [0, 0.1) is 5.92 Å². The average molecular weight is 554 g/mol. The van der Waals surface area contributed by atoms with Crippen LogP contribution in [0.15, 0.2) is 51.6 Å². The number of hydrogen-bond donors (Lipinski definition) is 0. The molecule has 0 N–H and O–H groups in total. The van der Waals surface area contributed by atoms with Crippen molar-refractivity contribution in [1.82, 2.24) is 9.80 Å². The Morgan fingerprint density at radius 2 is 1.74 bits per heavy atom. The van der Waals surface area contributed by atoms with Crippen LogP contribution in [0.25, 0.3) is 0 Å². The fraction of sp³-hybridized carbons (Fsp3) is 0.533. The summed E-state index contributed by atoms with van der Waals surface area (Å²) in [7, 11) is 0. The van der Waals surface area contributed by atoms with Gasteiger partial charge in [-0.05, 0) is 63.0 Å². The quantitative estimate of drug-likeness (QED) is 0.391. The molecule has 0 aromatic heterocycles. The van der Waals surface area contributed by atoms with Crippen molar-refractivity contribution in [2.45, 2.75) is 78.9 Å². The molecule has 0 aliphatic carbocycles. The Labute approximate surface area is 235 Å². The van der Waals surface area contributed by atoms with Gasteiger partial charge in [-0.15, -0.1) is 0 Å². The lowest BCUT2D eigenvalue weighted by atomic mass is 9.91. The van der Waals surface area contributed by atoms with E-state index in [4.69, 9.17) is 14.5 Å². The molecule has 0 radical (unpaired) electrons. The maximum atomic E-state index is 13.4. The van der Waals surface area contributed by atoms with Gasteiger partial charge in [-0.25, -0.2) is 9.79 Å². The van der Waals surface area contributed by atoms with Crippen LogP contribution in [0.3, 0.4) is 0 Å². The van der Waals surface area contributed by atoms with Gasteiger partial charge in [-0.3, -0.25) is 9.59 Å². The Morgan fingerprint density at radius 1 is 1.08 bits per heavy atom. The first-order chi connectivity index (χ1) is 18.6. The zero-order valence-corrected chi connectivity index (χ0v) is 24.5. The van der Waals surface area contributed by atoms with Crippen LogP contribution in [0.1, 0.15) is 83.9 Å². The lowest BCUT2D eigenvalue weighted by Crippen LogP contribution is -2.42. The van der Waals surface area contributed by atoms with Crippen LogP contribution >= 0.6 is 11.8 Å². The van der Waals surface area contributed by atoms with Crippen molar-refractivity contribution < 1.29 is 23.9 Å². The number of amidine groups is 1. The van der Waals surface area contributed by atoms with Crippen molar-refractivity contribution in [2.75, 3.05) is 19.7 Å². The van der Waals surface area contributed by atoms with E-state index in [-0.39, 0.29) is 30.3 Å². The van der Waals surface area contributed by atoms with Crippen molar-refractivity contribution in [1.29, 1.82) is 0 Å². The number of piperidine rings is 1. The summed E-state index contributed by atoms with van der Waals surface area (Å²) in [5.41, 5.74) is 4.07. The molecule has 0 spiro atoms. The van der Waals surface area contributed by atoms with Gasteiger partial charge >= 0.3 is 11.9 Å². The normalized spacial score (nSPS) is 19.7. The van der Waals surface area contributed by atoms with Gasteiger partial charge in [0.1, 0.15) is 0 Å². The molecule has 3 aliphatic rings. The van der Waals surface area contributed by atoms with Crippen molar-refractivity contribution in [3.63, 3.8) is 0 Å². The third-order valence-electron chi connectivity index (χ3n) is 7.28. The number of amides is 1. The number of carbonyl (C=O) groups excluding carboxylic acids is 3. The van der Waals surface area contributed by atoms with Crippen molar-refractivity contribution in [2.24, 2.45) is 10.9 Å². The number of rotatable bonds is 8. The Bertz CT molecular complexity index is 1190. The van der Waals surface area contributed by atoms with Gasteiger partial charge in [-0.2, -0.15) is 0 Å². The van der Waals surface area contributed by atoms with Crippen molar-refractivity contribution in [3.8, 4) is 0 Å². The van der Waals surface area contributed by atoms with E-state index in [1.165, 1.54) is 17.3 Å². The van der Waals surface area contributed by atoms with Crippen LogP contribution in [0.2, 0.25) is 0 Å². The van der Waals surface area contributed by atoms with E-state index in [1.54, 1.807) is 6.92 Å². The lowest BCUT2D eigenvalue weighted by Gasteiger charge is -2.37. The van der Waals surface area contributed by atoms with E-state index in [2.05, 4.69) is 38.1 Å². The second kappa shape index (κ2) is 12.4. The van der Waals surface area contributed by atoms with Crippen molar-refractivity contribution in [3.05, 3.63) is 57.8 Å². The maximum absolute atomic E-state index is 13.4. The molecule has 1 atom stereocenters. The first-order valence-electron chi connectivity index (χ1n) is 13.8. The maximum Gasteiger partial charge on any atom is 0.338 e. The first kappa shape index (κ1) is 28.9. The van der Waals surface area contributed by atoms with E-state index >= 15 is 0 Å². The van der Waals surface area contributed by atoms with Gasteiger partial charge in [-0.1, -0.05) is 49.9 Å². The van der Waals surface area contributed by atoms with Crippen LogP contribution in [0.4, 0.5) is 0 Å². The van der Waals surface area contributed by atoms with E-state index in [0.29, 0.717) is 49.7 Å². The summed E-state index contributed by atoms with van der Waals surface area (Å²) in [6.45, 7) is 13.0. The number of hydrogen-bond acceptors (Lipinski definition) is 8. The Morgan fingerprint density at radius 3 is 2.33 bits per heavy atom. The topological polar surface area (TPSA) is 88.5 Å². The standard InChI is InChI=1S/C30H39N3O5S/c1-7-37-28(35)23-12-14-32(15-13-23)25(34)16-24-17-39-30-31-20(6)26(29(36)38-19(4)5)27(33(24)30)22-10-8-21(9-11-22)18(2)3/h8-11,17-19,23,27H,7,12-16H2,1-6H3. The number of esters is 2. The summed E-state index contributed by atoms with van der Waals surface area (Å²) in [5.74, 6) is -0.350. The number of benzene rings is 1. The molecular weight excluding hydrogens is 514 g/mol. The molecule has 0 bridgehead atoms. The van der Waals surface area contributed by atoms with E-state index in [9.17, 15) is 14.4 Å². The number of aliphatic imine (C=N–C) groups is 1. The Hall–Kier alpha value is -3.07. The number of carbonyl (C=O) groups is 3. The first-order valence-corrected chi connectivity index (χ1v) is 14.7. The number of fused-ring (bicyclic) bond motifs is 1. The van der Waals surface area contributed by atoms with Gasteiger partial charge in [0.25, 0.3) is 0 Å². The van der Waals surface area contributed by atoms with Gasteiger partial charge in [0.2, 0.25) is 5.91 Å². The molecule has 1 saturated heterocycles. The smallest absolute Gasteiger partial charge is 0.338 e. The van der Waals surface area contributed by atoms with E-state index in [0.717, 1.165) is 16.4 Å². The molecule has 0 saturated carbocycles. The third-order valence-corrected chi connectivity index (χ3v) is 8.17. The molecule has 9 heteroatoms. The number of thioether (sulfide) groups is 1. The highest BCUT2D eigenvalue weighted by Crippen LogP contribution is 2.45. The number of nitrogens with zero attached hydrogens (tertiary/aromatic N) is 3. The minimum absolute atomic E-state index is 0.00287. The molecule has 3 aliphatic heterocycles. The monoisotopic (exact) mass is 553 g/mol. The van der Waals surface area contributed by atoms with E-state index in [1.807, 2.05) is 36.0 Å². The number of ether oxygens (including phenoxy) is 2. The molecule has 3 heterocycles. The number of likely N-dealkylation sites (tertiary alicyclic amines) is 1. The molecular formula is C30H39N3O5S. The molecule has 210 valence electrons. The van der Waals surface area contributed by atoms with Gasteiger partial charge in [0.05, 0.1) is 42.4 Å². The minimum atomic E-state index is -0.450. The third kappa shape index (κ3) is 6.40. The largest absolute Gasteiger partial charge is 0.466 e. The predicted molar refractivity (Wildman–Crippen MR) is 153 cm³/mol. The molecule has 1 aromatic rings. The summed E-state index contributed by atoms with van der Waals surface area (Å²) in [6, 6.07) is 7.85. The second-order valence-corrected chi connectivity index (χ2v) is 11.6. The zero-order chi connectivity index (χ0) is 28.3. The Balaban J connectivity index is 1.58. The number of allylic oxidation sites excluding steroid dienone is 1. The SMILES string of the molecule is CCOC(=O)C1CCN(C(=O)CC2=CSC3=NC(C)=C(C(=O)OC(C)C)C(c4ccc(C(C)C)cc4)N23)CC1. The predicted octanol–water partition coefficient (Wildman–Crippen LogP) is 5.53. The zero-order valence-electron chi connectivity index (χ0n) is 23.7. The highest BCUT2D eigenvalue weighted by Gasteiger charge is 2.42.